The first-order valence-electron chi connectivity index (χ1n) is 7.55. The smallest absolute Gasteiger partial charge is 0.369 e. The minimum atomic E-state index is -4.71. The van der Waals surface area contributed by atoms with Crippen LogP contribution in [-0.4, -0.2) is 40.2 Å². The number of hydrogen-bond donors (Lipinski definition) is 0. The average Bonchev–Trinajstić information content (AvgIpc) is 2.95. The summed E-state index contributed by atoms with van der Waals surface area (Å²) in [5.74, 6) is -0.845. The van der Waals surface area contributed by atoms with Crippen molar-refractivity contribution in [2.75, 3.05) is 14.1 Å². The molecule has 1 aromatic carbocycles. The van der Waals surface area contributed by atoms with Crippen molar-refractivity contribution in [3.05, 3.63) is 39.2 Å². The number of alkyl halides is 3. The topological polar surface area (TPSA) is 37.8 Å². The quantitative estimate of drug-likeness (QED) is 0.126. The van der Waals surface area contributed by atoms with Crippen molar-refractivity contribution in [1.82, 2.24) is 14.7 Å². The van der Waals surface area contributed by atoms with E-state index in [0.29, 0.717) is 12.1 Å². The molecule has 0 bridgehead atoms. The van der Waals surface area contributed by atoms with Gasteiger partial charge in [0.1, 0.15) is 10.6 Å². The summed E-state index contributed by atoms with van der Waals surface area (Å²) in [6.45, 7) is 8.09. The molecule has 1 unspecified atom stereocenters. The van der Waals surface area contributed by atoms with Crippen LogP contribution in [0.1, 0.15) is 12.5 Å². The highest BCUT2D eigenvalue weighted by molar-refractivity contribution is 8.11. The molecule has 2 rings (SSSR count). The van der Waals surface area contributed by atoms with E-state index in [-0.39, 0.29) is 11.5 Å². The fourth-order valence-electron chi connectivity index (χ4n) is 2.13. The number of rotatable bonds is 4. The van der Waals surface area contributed by atoms with Crippen LogP contribution in [0.15, 0.2) is 22.0 Å². The molecule has 1 atom stereocenters. The lowest BCUT2D eigenvalue weighted by Crippen LogP contribution is -2.09. The molecule has 13 heteroatoms. The zero-order chi connectivity index (χ0) is 22.1. The molecular formula is C16H12Cl2F5N5S. The highest BCUT2D eigenvalue weighted by Crippen LogP contribution is 2.47. The molecule has 0 aliphatic carbocycles. The monoisotopic (exact) mass is 471 g/mol. The Labute approximate surface area is 175 Å². The molecule has 0 saturated heterocycles. The second-order valence-electron chi connectivity index (χ2n) is 5.72. The molecule has 5 nitrogen and oxygen atoms in total. The Morgan fingerprint density at radius 2 is 1.86 bits per heavy atom. The summed E-state index contributed by atoms with van der Waals surface area (Å²) in [6.07, 6.45) is -3.48. The van der Waals surface area contributed by atoms with Gasteiger partial charge in [-0.3, -0.25) is 0 Å². The van der Waals surface area contributed by atoms with Gasteiger partial charge in [-0.15, -0.1) is 4.68 Å². The molecule has 0 N–H and O–H groups in total. The second kappa shape index (κ2) is 8.69. The third kappa shape index (κ3) is 4.88. The summed E-state index contributed by atoms with van der Waals surface area (Å²) in [7, 11) is 0.540. The molecule has 2 aromatic rings. The van der Waals surface area contributed by atoms with Crippen molar-refractivity contribution in [1.29, 1.82) is 0 Å². The van der Waals surface area contributed by atoms with Crippen LogP contribution in [0.25, 0.3) is 10.5 Å². The van der Waals surface area contributed by atoms with Crippen molar-refractivity contribution >= 4 is 57.2 Å². The Hall–Kier alpha value is -2.16. The molecule has 1 heterocycles. The van der Waals surface area contributed by atoms with E-state index in [4.69, 9.17) is 29.8 Å². The third-order valence-electron chi connectivity index (χ3n) is 3.30. The summed E-state index contributed by atoms with van der Waals surface area (Å²) in [5.41, 5.74) is -1.36. The van der Waals surface area contributed by atoms with Crippen molar-refractivity contribution in [2.24, 2.45) is 4.99 Å². The fraction of sp³-hybridized carbons (Fsp3) is 0.250. The Balaban J connectivity index is 2.91. The maximum Gasteiger partial charge on any atom is 0.416 e. The van der Waals surface area contributed by atoms with E-state index in [2.05, 4.69) is 14.9 Å². The summed E-state index contributed by atoms with van der Waals surface area (Å²) in [5, 5.41) is 1.81. The number of aromatic nitrogens is 2. The van der Waals surface area contributed by atoms with Crippen molar-refractivity contribution in [3.8, 4) is 5.69 Å². The molecular weight excluding hydrogens is 460 g/mol. The van der Waals surface area contributed by atoms with Gasteiger partial charge in [-0.2, -0.15) is 17.1 Å². The molecule has 0 fully saturated rings. The van der Waals surface area contributed by atoms with Gasteiger partial charge in [0.15, 0.2) is 10.9 Å². The number of hydrogen-bond acceptors (Lipinski definition) is 2. The maximum atomic E-state index is 14.6. The molecule has 0 radical (unpaired) electrons. The minimum Gasteiger partial charge on any atom is -0.369 e. The Morgan fingerprint density at radius 1 is 1.31 bits per heavy atom. The van der Waals surface area contributed by atoms with Gasteiger partial charge in [0.2, 0.25) is 0 Å². The Bertz CT molecular complexity index is 1030. The summed E-state index contributed by atoms with van der Waals surface area (Å²) in [4.78, 5) is 8.09. The standard InChI is InChI=1S/C16H12Cl2F5N5S/c1-8(19)29(23)13-14(24-2)26-28(15(13)25-7-27(3)4)12-10(17)5-9(6-11(12)18)16(20,21)22/h5-7H,1,3-4H3. The van der Waals surface area contributed by atoms with Gasteiger partial charge in [0.05, 0.1) is 21.9 Å². The van der Waals surface area contributed by atoms with Crippen LogP contribution in [0.2, 0.25) is 10.0 Å². The van der Waals surface area contributed by atoms with E-state index >= 15 is 0 Å². The molecule has 0 amide bonds. The summed E-state index contributed by atoms with van der Waals surface area (Å²) in [6, 6.07) is 1.23. The first-order valence-corrected chi connectivity index (χ1v) is 9.43. The van der Waals surface area contributed by atoms with Crippen molar-refractivity contribution in [3.63, 3.8) is 0 Å². The van der Waals surface area contributed by atoms with Crippen LogP contribution in [0.3, 0.4) is 0 Å². The van der Waals surface area contributed by atoms with E-state index < -0.39 is 48.5 Å². The van der Waals surface area contributed by atoms with Crippen LogP contribution in [0.4, 0.5) is 33.1 Å². The van der Waals surface area contributed by atoms with Gasteiger partial charge in [0.25, 0.3) is 0 Å². The molecule has 0 aliphatic heterocycles. The van der Waals surface area contributed by atoms with Crippen molar-refractivity contribution in [2.45, 2.75) is 18.0 Å². The first-order chi connectivity index (χ1) is 13.4. The largest absolute Gasteiger partial charge is 0.416 e. The van der Waals surface area contributed by atoms with Crippen molar-refractivity contribution < 1.29 is 21.4 Å². The Kier molecular flexibility index (Phi) is 6.93. The predicted octanol–water partition coefficient (Wildman–Crippen LogP) is 6.60. The van der Waals surface area contributed by atoms with Gasteiger partial charge in [-0.05, 0) is 24.2 Å². The molecule has 1 aromatic heterocycles. The van der Waals surface area contributed by atoms with E-state index in [9.17, 15) is 21.4 Å². The lowest BCUT2D eigenvalue weighted by atomic mass is 10.2. The van der Waals surface area contributed by atoms with Crippen LogP contribution in [0, 0.1) is 6.57 Å². The van der Waals surface area contributed by atoms with E-state index in [1.165, 1.54) is 11.2 Å². The van der Waals surface area contributed by atoms with E-state index in [0.717, 1.165) is 11.6 Å². The average molecular weight is 472 g/mol. The van der Waals surface area contributed by atoms with Crippen LogP contribution < -0.4 is 0 Å². The molecule has 0 saturated carbocycles. The lowest BCUT2D eigenvalue weighted by Gasteiger charge is -2.12. The van der Waals surface area contributed by atoms with Gasteiger partial charge < -0.3 is 9.74 Å². The zero-order valence-corrected chi connectivity index (χ0v) is 17.4. The first kappa shape index (κ1) is 23.1. The van der Waals surface area contributed by atoms with E-state index in [1.54, 1.807) is 14.1 Å². The normalized spacial score (nSPS) is 13.5. The van der Waals surface area contributed by atoms with Gasteiger partial charge in [0, 0.05) is 25.0 Å². The molecule has 29 heavy (non-hydrogen) atoms. The highest BCUT2D eigenvalue weighted by atomic mass is 35.5. The number of nitrogens with zero attached hydrogens (tertiary/aromatic N) is 5. The zero-order valence-electron chi connectivity index (χ0n) is 15.0. The fourth-order valence-corrected chi connectivity index (χ4v) is 3.60. The van der Waals surface area contributed by atoms with Crippen LogP contribution in [0.5, 0.6) is 0 Å². The maximum absolute atomic E-state index is 14.6. The Morgan fingerprint density at radius 3 is 2.28 bits per heavy atom. The molecule has 0 spiro atoms. The lowest BCUT2D eigenvalue weighted by molar-refractivity contribution is -0.137. The molecule has 0 aliphatic rings. The van der Waals surface area contributed by atoms with Gasteiger partial charge in [-0.25, -0.2) is 9.38 Å². The number of halogens is 7. The van der Waals surface area contributed by atoms with Crippen LogP contribution >= 0.6 is 34.1 Å². The summed E-state index contributed by atoms with van der Waals surface area (Å²) < 4.78 is 68.0. The predicted molar refractivity (Wildman–Crippen MR) is 105 cm³/mol. The molecule has 156 valence electrons. The second-order valence-corrected chi connectivity index (χ2v) is 8.02. The van der Waals surface area contributed by atoms with Gasteiger partial charge in [-0.1, -0.05) is 29.8 Å². The number of benzene rings is 1. The van der Waals surface area contributed by atoms with Gasteiger partial charge >= 0.3 is 12.0 Å². The minimum absolute atomic E-state index is 0.253. The SMILES string of the molecule is [C-]#[N+]c1nn(-c2c(Cl)cc(C(F)(F)F)cc2Cl)c(N=CN(C)C)c1/S(F)=C(/C)F. The summed E-state index contributed by atoms with van der Waals surface area (Å²) >= 11 is 12.0. The highest BCUT2D eigenvalue weighted by Gasteiger charge is 2.34. The van der Waals surface area contributed by atoms with E-state index in [1.807, 2.05) is 0 Å². The third-order valence-corrected chi connectivity index (χ3v) is 5.09. The van der Waals surface area contributed by atoms with Crippen LogP contribution in [-0.2, 0) is 6.18 Å². The number of aliphatic imine (C=N–C) groups is 1.